The largest absolute Gasteiger partial charge is 0.486 e. The Morgan fingerprint density at radius 3 is 2.68 bits per heavy atom. The van der Waals surface area contributed by atoms with E-state index in [9.17, 15) is 4.79 Å². The fourth-order valence-electron chi connectivity index (χ4n) is 2.32. The number of hydrogen-bond donors (Lipinski definition) is 1. The molecule has 5 heteroatoms. The summed E-state index contributed by atoms with van der Waals surface area (Å²) in [5, 5.41) is 2.99. The lowest BCUT2D eigenvalue weighted by Gasteiger charge is -2.19. The van der Waals surface area contributed by atoms with Crippen LogP contribution in [0.4, 0.5) is 0 Å². The van der Waals surface area contributed by atoms with Crippen molar-refractivity contribution in [2.45, 2.75) is 13.0 Å². The van der Waals surface area contributed by atoms with Gasteiger partial charge in [-0.1, -0.05) is 28.1 Å². The molecule has 3 rings (SSSR count). The van der Waals surface area contributed by atoms with Crippen LogP contribution in [-0.2, 0) is 0 Å². The summed E-state index contributed by atoms with van der Waals surface area (Å²) in [5.74, 6) is 1.17. The third kappa shape index (κ3) is 3.25. The molecule has 1 aliphatic heterocycles. The normalized spacial score (nSPS) is 14.3. The van der Waals surface area contributed by atoms with Crippen LogP contribution >= 0.6 is 15.9 Å². The Morgan fingerprint density at radius 2 is 1.91 bits per heavy atom. The molecule has 2 aromatic rings. The first-order valence-electron chi connectivity index (χ1n) is 7.09. The second kappa shape index (κ2) is 6.40. The van der Waals surface area contributed by atoms with Gasteiger partial charge in [-0.2, -0.15) is 0 Å². The molecule has 0 aromatic heterocycles. The Morgan fingerprint density at radius 1 is 1.14 bits per heavy atom. The molecular formula is C17H16BrNO3. The highest BCUT2D eigenvalue weighted by Gasteiger charge is 2.16. The Balaban J connectivity index is 1.74. The fraction of sp³-hybridized carbons (Fsp3) is 0.235. The van der Waals surface area contributed by atoms with Gasteiger partial charge in [-0.05, 0) is 42.8 Å². The summed E-state index contributed by atoms with van der Waals surface area (Å²) in [6, 6.07) is 13.0. The fourth-order valence-corrected chi connectivity index (χ4v) is 2.74. The minimum absolute atomic E-state index is 0.0850. The van der Waals surface area contributed by atoms with Crippen LogP contribution in [0.15, 0.2) is 46.9 Å². The quantitative estimate of drug-likeness (QED) is 0.906. The van der Waals surface area contributed by atoms with Crippen LogP contribution in [0, 0.1) is 0 Å². The number of carbonyl (C=O) groups is 1. The topological polar surface area (TPSA) is 47.6 Å². The van der Waals surface area contributed by atoms with E-state index in [0.29, 0.717) is 30.3 Å². The Hall–Kier alpha value is -2.01. The summed E-state index contributed by atoms with van der Waals surface area (Å²) in [6.07, 6.45) is 0. The second-order valence-electron chi connectivity index (χ2n) is 5.11. The van der Waals surface area contributed by atoms with E-state index >= 15 is 0 Å². The van der Waals surface area contributed by atoms with Crippen molar-refractivity contribution in [3.8, 4) is 11.5 Å². The van der Waals surface area contributed by atoms with Gasteiger partial charge in [0.1, 0.15) is 13.2 Å². The molecule has 0 unspecified atom stereocenters. The van der Waals surface area contributed by atoms with Crippen molar-refractivity contribution in [3.05, 3.63) is 58.1 Å². The lowest BCUT2D eigenvalue weighted by atomic mass is 10.1. The molecule has 1 amide bonds. The van der Waals surface area contributed by atoms with Gasteiger partial charge in [0.25, 0.3) is 5.91 Å². The number of fused-ring (bicyclic) bond motifs is 1. The Labute approximate surface area is 137 Å². The molecule has 114 valence electrons. The van der Waals surface area contributed by atoms with Crippen LogP contribution in [0.2, 0.25) is 0 Å². The molecule has 0 aliphatic carbocycles. The van der Waals surface area contributed by atoms with Crippen LogP contribution in [0.5, 0.6) is 11.5 Å². The van der Waals surface area contributed by atoms with Crippen LogP contribution in [0.3, 0.4) is 0 Å². The van der Waals surface area contributed by atoms with Crippen molar-refractivity contribution in [3.63, 3.8) is 0 Å². The van der Waals surface area contributed by atoms with Gasteiger partial charge in [0, 0.05) is 10.0 Å². The molecule has 1 aliphatic rings. The first kappa shape index (κ1) is 14.9. The standard InChI is InChI=1S/C17H16BrNO3/c1-11(12-3-2-4-14(18)9-12)19-17(20)13-5-6-15-16(10-13)22-8-7-21-15/h2-6,9-11H,7-8H2,1H3,(H,19,20)/t11-/m1/s1. The van der Waals surface area contributed by atoms with E-state index in [4.69, 9.17) is 9.47 Å². The Kier molecular flexibility index (Phi) is 4.34. The summed E-state index contributed by atoms with van der Waals surface area (Å²) < 4.78 is 12.0. The van der Waals surface area contributed by atoms with Gasteiger partial charge in [-0.25, -0.2) is 0 Å². The van der Waals surface area contributed by atoms with Crippen LogP contribution in [-0.4, -0.2) is 19.1 Å². The molecule has 1 heterocycles. The smallest absolute Gasteiger partial charge is 0.251 e. The predicted octanol–water partition coefficient (Wildman–Crippen LogP) is 3.71. The van der Waals surface area contributed by atoms with E-state index in [1.165, 1.54) is 0 Å². The molecule has 0 saturated heterocycles. The van der Waals surface area contributed by atoms with E-state index in [1.54, 1.807) is 18.2 Å². The van der Waals surface area contributed by atoms with Crippen molar-refractivity contribution in [1.82, 2.24) is 5.32 Å². The molecule has 22 heavy (non-hydrogen) atoms. The number of halogens is 1. The minimum atomic E-state index is -0.135. The number of rotatable bonds is 3. The van der Waals surface area contributed by atoms with Crippen molar-refractivity contribution < 1.29 is 14.3 Å². The van der Waals surface area contributed by atoms with E-state index in [-0.39, 0.29) is 11.9 Å². The first-order valence-corrected chi connectivity index (χ1v) is 7.89. The second-order valence-corrected chi connectivity index (χ2v) is 6.02. The van der Waals surface area contributed by atoms with Crippen LogP contribution < -0.4 is 14.8 Å². The Bertz CT molecular complexity index is 702. The number of carbonyl (C=O) groups excluding carboxylic acids is 1. The van der Waals surface area contributed by atoms with Crippen molar-refractivity contribution in [2.75, 3.05) is 13.2 Å². The number of ether oxygens (including phenoxy) is 2. The zero-order valence-electron chi connectivity index (χ0n) is 12.1. The predicted molar refractivity (Wildman–Crippen MR) is 87.5 cm³/mol. The van der Waals surface area contributed by atoms with Crippen molar-refractivity contribution in [2.24, 2.45) is 0 Å². The molecule has 2 aromatic carbocycles. The van der Waals surface area contributed by atoms with Gasteiger partial charge in [-0.15, -0.1) is 0 Å². The molecule has 1 atom stereocenters. The SMILES string of the molecule is C[C@@H](NC(=O)c1ccc2c(c1)OCCO2)c1cccc(Br)c1. The highest BCUT2D eigenvalue weighted by Crippen LogP contribution is 2.30. The van der Waals surface area contributed by atoms with Crippen LogP contribution in [0.25, 0.3) is 0 Å². The maximum atomic E-state index is 12.4. The van der Waals surface area contributed by atoms with Crippen molar-refractivity contribution >= 4 is 21.8 Å². The monoisotopic (exact) mass is 361 g/mol. The third-order valence-electron chi connectivity index (χ3n) is 3.50. The molecule has 0 saturated carbocycles. The van der Waals surface area contributed by atoms with E-state index < -0.39 is 0 Å². The van der Waals surface area contributed by atoms with E-state index in [1.807, 2.05) is 31.2 Å². The van der Waals surface area contributed by atoms with Gasteiger partial charge < -0.3 is 14.8 Å². The molecule has 1 N–H and O–H groups in total. The highest BCUT2D eigenvalue weighted by atomic mass is 79.9. The number of hydrogen-bond acceptors (Lipinski definition) is 3. The van der Waals surface area contributed by atoms with Gasteiger partial charge in [-0.3, -0.25) is 4.79 Å². The summed E-state index contributed by atoms with van der Waals surface area (Å²) in [4.78, 5) is 12.4. The number of nitrogens with one attached hydrogen (secondary N) is 1. The van der Waals surface area contributed by atoms with E-state index in [0.717, 1.165) is 10.0 Å². The lowest BCUT2D eigenvalue weighted by molar-refractivity contribution is 0.0938. The summed E-state index contributed by atoms with van der Waals surface area (Å²) in [7, 11) is 0. The molecule has 0 spiro atoms. The lowest BCUT2D eigenvalue weighted by Crippen LogP contribution is -2.27. The average Bonchev–Trinajstić information content (AvgIpc) is 2.54. The van der Waals surface area contributed by atoms with Gasteiger partial charge in [0.2, 0.25) is 0 Å². The number of benzene rings is 2. The van der Waals surface area contributed by atoms with Crippen molar-refractivity contribution in [1.29, 1.82) is 0 Å². The van der Waals surface area contributed by atoms with Gasteiger partial charge in [0.05, 0.1) is 6.04 Å². The maximum absolute atomic E-state index is 12.4. The van der Waals surface area contributed by atoms with Crippen LogP contribution in [0.1, 0.15) is 28.9 Å². The first-order chi connectivity index (χ1) is 10.6. The summed E-state index contributed by atoms with van der Waals surface area (Å²) in [5.41, 5.74) is 1.60. The van der Waals surface area contributed by atoms with Gasteiger partial charge >= 0.3 is 0 Å². The maximum Gasteiger partial charge on any atom is 0.251 e. The third-order valence-corrected chi connectivity index (χ3v) is 3.99. The zero-order valence-corrected chi connectivity index (χ0v) is 13.7. The summed E-state index contributed by atoms with van der Waals surface area (Å²) in [6.45, 7) is 3.00. The average molecular weight is 362 g/mol. The minimum Gasteiger partial charge on any atom is -0.486 e. The number of amides is 1. The molecule has 0 radical (unpaired) electrons. The highest BCUT2D eigenvalue weighted by molar-refractivity contribution is 9.10. The van der Waals surface area contributed by atoms with E-state index in [2.05, 4.69) is 21.2 Å². The summed E-state index contributed by atoms with van der Waals surface area (Å²) >= 11 is 3.44. The molecule has 0 fully saturated rings. The zero-order chi connectivity index (χ0) is 15.5. The molecule has 4 nitrogen and oxygen atoms in total. The van der Waals surface area contributed by atoms with Gasteiger partial charge in [0.15, 0.2) is 11.5 Å². The molecular weight excluding hydrogens is 346 g/mol. The molecule has 0 bridgehead atoms.